The van der Waals surface area contributed by atoms with E-state index in [-0.39, 0.29) is 17.5 Å². The number of anilines is 1. The van der Waals surface area contributed by atoms with Gasteiger partial charge < -0.3 is 10.1 Å². The minimum absolute atomic E-state index is 0.0740. The van der Waals surface area contributed by atoms with Crippen LogP contribution in [0.4, 0.5) is 5.69 Å². The summed E-state index contributed by atoms with van der Waals surface area (Å²) in [7, 11) is 0. The monoisotopic (exact) mass is 442 g/mol. The maximum atomic E-state index is 13.1. The van der Waals surface area contributed by atoms with Gasteiger partial charge >= 0.3 is 5.97 Å². The van der Waals surface area contributed by atoms with Crippen molar-refractivity contribution in [3.05, 3.63) is 101 Å². The molecule has 1 aliphatic rings. The van der Waals surface area contributed by atoms with Gasteiger partial charge in [0, 0.05) is 12.1 Å². The molecule has 4 rings (SSSR count). The predicted molar refractivity (Wildman–Crippen MR) is 122 cm³/mol. The third-order valence-electron chi connectivity index (χ3n) is 5.45. The molecule has 0 fully saturated rings. The Bertz CT molecular complexity index is 1190. The number of hydrogen-bond acceptors (Lipinski definition) is 5. The minimum Gasteiger partial charge on any atom is -0.454 e. The van der Waals surface area contributed by atoms with Crippen molar-refractivity contribution in [1.82, 2.24) is 4.90 Å². The van der Waals surface area contributed by atoms with Crippen molar-refractivity contribution in [2.75, 3.05) is 11.9 Å². The number of nitrogens with one attached hydrogen (secondary N) is 1. The quantitative estimate of drug-likeness (QED) is 0.447. The van der Waals surface area contributed by atoms with E-state index in [4.69, 9.17) is 4.74 Å². The van der Waals surface area contributed by atoms with Crippen LogP contribution in [-0.2, 0) is 20.7 Å². The van der Waals surface area contributed by atoms with Crippen LogP contribution in [0.1, 0.15) is 31.8 Å². The lowest BCUT2D eigenvalue weighted by Gasteiger charge is -2.24. The molecule has 0 aromatic heterocycles. The van der Waals surface area contributed by atoms with E-state index >= 15 is 0 Å². The smallest absolute Gasteiger partial charge is 0.330 e. The first-order valence-electron chi connectivity index (χ1n) is 10.5. The van der Waals surface area contributed by atoms with Crippen molar-refractivity contribution >= 4 is 29.4 Å². The lowest BCUT2D eigenvalue weighted by Crippen LogP contribution is -2.47. The van der Waals surface area contributed by atoms with Crippen molar-refractivity contribution in [2.45, 2.75) is 19.4 Å². The minimum atomic E-state index is -1.20. The van der Waals surface area contributed by atoms with E-state index in [1.54, 1.807) is 60.7 Å². The number of carbonyl (C=O) groups excluding carboxylic acids is 4. The number of nitrogens with zero attached hydrogens (tertiary/aromatic N) is 1. The van der Waals surface area contributed by atoms with Crippen LogP contribution in [0.15, 0.2) is 78.9 Å². The summed E-state index contributed by atoms with van der Waals surface area (Å²) in [6, 6.07) is 21.5. The van der Waals surface area contributed by atoms with Crippen LogP contribution in [-0.4, -0.2) is 41.2 Å². The van der Waals surface area contributed by atoms with E-state index in [1.807, 2.05) is 25.1 Å². The Morgan fingerprint density at radius 2 is 1.42 bits per heavy atom. The highest BCUT2D eigenvalue weighted by atomic mass is 16.5. The summed E-state index contributed by atoms with van der Waals surface area (Å²) in [5, 5.41) is 2.69. The maximum Gasteiger partial charge on any atom is 0.330 e. The first kappa shape index (κ1) is 22.0. The molecular weight excluding hydrogens is 420 g/mol. The van der Waals surface area contributed by atoms with Crippen molar-refractivity contribution in [1.29, 1.82) is 0 Å². The predicted octanol–water partition coefficient (Wildman–Crippen LogP) is 3.38. The Balaban J connectivity index is 1.52. The number of aryl methyl sites for hydroxylation is 1. The van der Waals surface area contributed by atoms with Crippen LogP contribution in [0.25, 0.3) is 0 Å². The average Bonchev–Trinajstić information content (AvgIpc) is 3.08. The molecule has 7 nitrogen and oxygen atoms in total. The number of para-hydroxylation sites is 1. The van der Waals surface area contributed by atoms with E-state index in [9.17, 15) is 19.2 Å². The van der Waals surface area contributed by atoms with Crippen LogP contribution >= 0.6 is 0 Å². The first-order valence-corrected chi connectivity index (χ1v) is 10.5. The summed E-state index contributed by atoms with van der Waals surface area (Å²) in [5.41, 5.74) is 2.71. The number of benzene rings is 3. The molecule has 0 unspecified atom stereocenters. The fourth-order valence-corrected chi connectivity index (χ4v) is 3.74. The highest BCUT2D eigenvalue weighted by Crippen LogP contribution is 2.26. The Morgan fingerprint density at radius 1 is 0.848 bits per heavy atom. The number of ether oxygens (including phenoxy) is 1. The number of amides is 3. The largest absolute Gasteiger partial charge is 0.454 e. The molecule has 0 aliphatic carbocycles. The van der Waals surface area contributed by atoms with E-state index in [2.05, 4.69) is 5.32 Å². The zero-order valence-corrected chi connectivity index (χ0v) is 18.0. The molecule has 1 atom stereocenters. The van der Waals surface area contributed by atoms with Crippen molar-refractivity contribution in [3.8, 4) is 0 Å². The highest BCUT2D eigenvalue weighted by Gasteiger charge is 2.43. The van der Waals surface area contributed by atoms with Gasteiger partial charge in [-0.2, -0.15) is 0 Å². The normalized spacial score (nSPS) is 13.4. The standard InChI is InChI=1S/C26H22N2O5/c1-17-9-5-8-14-21(17)27-23(29)16-33-26(32)22(15-18-10-3-2-4-11-18)28-24(30)19-12-6-7-13-20(19)25(28)31/h2-14,22H,15-16H2,1H3,(H,27,29)/t22-/m0/s1. The van der Waals surface area contributed by atoms with Gasteiger partial charge in [0.1, 0.15) is 6.04 Å². The second kappa shape index (κ2) is 9.48. The zero-order chi connectivity index (χ0) is 23.4. The van der Waals surface area contributed by atoms with Crippen LogP contribution < -0.4 is 5.32 Å². The van der Waals surface area contributed by atoms with Gasteiger partial charge in [0.15, 0.2) is 6.61 Å². The molecule has 166 valence electrons. The third-order valence-corrected chi connectivity index (χ3v) is 5.45. The Morgan fingerprint density at radius 3 is 2.06 bits per heavy atom. The molecule has 33 heavy (non-hydrogen) atoms. The summed E-state index contributed by atoms with van der Waals surface area (Å²) < 4.78 is 5.26. The zero-order valence-electron chi connectivity index (χ0n) is 18.0. The van der Waals surface area contributed by atoms with Gasteiger partial charge in [-0.05, 0) is 36.2 Å². The number of esters is 1. The van der Waals surface area contributed by atoms with Gasteiger partial charge in [0.05, 0.1) is 11.1 Å². The molecule has 0 saturated carbocycles. The molecule has 0 bridgehead atoms. The molecule has 0 spiro atoms. The van der Waals surface area contributed by atoms with E-state index in [1.165, 1.54) is 0 Å². The second-order valence-corrected chi connectivity index (χ2v) is 7.70. The van der Waals surface area contributed by atoms with Crippen LogP contribution in [0.2, 0.25) is 0 Å². The number of rotatable bonds is 7. The number of hydrogen-bond donors (Lipinski definition) is 1. The molecule has 1 N–H and O–H groups in total. The molecule has 7 heteroatoms. The highest BCUT2D eigenvalue weighted by molar-refractivity contribution is 6.22. The molecule has 1 heterocycles. The topological polar surface area (TPSA) is 92.8 Å². The Hall–Kier alpha value is -4.26. The van der Waals surface area contributed by atoms with Gasteiger partial charge in [-0.25, -0.2) is 4.79 Å². The first-order chi connectivity index (χ1) is 16.0. The van der Waals surface area contributed by atoms with Crippen LogP contribution in [0.3, 0.4) is 0 Å². The summed E-state index contributed by atoms with van der Waals surface area (Å²) in [4.78, 5) is 52.3. The molecular formula is C26H22N2O5. The van der Waals surface area contributed by atoms with Gasteiger partial charge in [-0.3, -0.25) is 19.3 Å². The fraction of sp³-hybridized carbons (Fsp3) is 0.154. The van der Waals surface area contributed by atoms with E-state index in [0.717, 1.165) is 16.0 Å². The lowest BCUT2D eigenvalue weighted by atomic mass is 10.0. The summed E-state index contributed by atoms with van der Waals surface area (Å²) in [6.07, 6.45) is 0.0740. The third kappa shape index (κ3) is 4.67. The molecule has 3 aromatic rings. The van der Waals surface area contributed by atoms with Gasteiger partial charge in [0.25, 0.3) is 17.7 Å². The van der Waals surface area contributed by atoms with Crippen molar-refractivity contribution in [3.63, 3.8) is 0 Å². The lowest BCUT2D eigenvalue weighted by molar-refractivity contribution is -0.151. The summed E-state index contributed by atoms with van der Waals surface area (Å²) >= 11 is 0. The average molecular weight is 442 g/mol. The van der Waals surface area contributed by atoms with E-state index in [0.29, 0.717) is 5.69 Å². The Labute approximate surface area is 191 Å². The van der Waals surface area contributed by atoms with E-state index < -0.39 is 36.3 Å². The summed E-state index contributed by atoms with van der Waals surface area (Å²) in [6.45, 7) is 1.31. The van der Waals surface area contributed by atoms with Gasteiger partial charge in [-0.1, -0.05) is 60.7 Å². The van der Waals surface area contributed by atoms with Gasteiger partial charge in [0.2, 0.25) is 0 Å². The van der Waals surface area contributed by atoms with Crippen molar-refractivity contribution in [2.24, 2.45) is 0 Å². The van der Waals surface area contributed by atoms with Crippen LogP contribution in [0, 0.1) is 6.92 Å². The molecule has 0 saturated heterocycles. The molecule has 3 amide bonds. The number of imide groups is 1. The van der Waals surface area contributed by atoms with Crippen molar-refractivity contribution < 1.29 is 23.9 Å². The SMILES string of the molecule is Cc1ccccc1NC(=O)COC(=O)[C@H](Cc1ccccc1)N1C(=O)c2ccccc2C1=O. The second-order valence-electron chi connectivity index (χ2n) is 7.70. The number of fused-ring (bicyclic) bond motifs is 1. The molecule has 0 radical (unpaired) electrons. The van der Waals surface area contributed by atoms with Gasteiger partial charge in [-0.15, -0.1) is 0 Å². The Kier molecular flexibility index (Phi) is 6.31. The summed E-state index contributed by atoms with van der Waals surface area (Å²) in [5.74, 6) is -2.46. The number of carbonyl (C=O) groups is 4. The molecule has 3 aromatic carbocycles. The molecule has 1 aliphatic heterocycles. The van der Waals surface area contributed by atoms with Crippen LogP contribution in [0.5, 0.6) is 0 Å². The maximum absolute atomic E-state index is 13.1. The fourth-order valence-electron chi connectivity index (χ4n) is 3.74.